The molecule has 0 saturated carbocycles. The van der Waals surface area contributed by atoms with Gasteiger partial charge in [-0.3, -0.25) is 4.79 Å². The Morgan fingerprint density at radius 1 is 0.420 bits per heavy atom. The molecule has 0 aliphatic carbocycles. The number of ether oxygens (including phenoxy) is 4. The third-order valence-electron chi connectivity index (χ3n) is 18.1. The Balaban J connectivity index is 1.64. The van der Waals surface area contributed by atoms with Crippen molar-refractivity contribution in [1.29, 1.82) is 0 Å². The Morgan fingerprint density at radius 2 is 0.784 bits per heavy atom. The van der Waals surface area contributed by atoms with E-state index < -0.39 is 86.8 Å². The lowest BCUT2D eigenvalue weighted by molar-refractivity contribution is -0.359. The second-order valence-corrected chi connectivity index (χ2v) is 26.0. The largest absolute Gasteiger partial charge is 0.394 e. The lowest BCUT2D eigenvalue weighted by Gasteiger charge is -2.46. The van der Waals surface area contributed by atoms with Crippen LogP contribution in [0.1, 0.15) is 322 Å². The van der Waals surface area contributed by atoms with E-state index in [9.17, 15) is 45.6 Å². The number of amides is 1. The van der Waals surface area contributed by atoms with E-state index in [0.717, 1.165) is 77.0 Å². The molecule has 2 rings (SSSR count). The molecular formula is C74H137NO13. The van der Waals surface area contributed by atoms with E-state index in [0.29, 0.717) is 12.8 Å². The van der Waals surface area contributed by atoms with Crippen LogP contribution in [-0.4, -0.2) is 140 Å². The van der Waals surface area contributed by atoms with Crippen molar-refractivity contribution in [3.8, 4) is 0 Å². The zero-order chi connectivity index (χ0) is 63.8. The molecule has 2 aliphatic heterocycles. The Kier molecular flexibility index (Phi) is 54.8. The molecule has 14 heteroatoms. The van der Waals surface area contributed by atoms with Crippen molar-refractivity contribution in [1.82, 2.24) is 5.32 Å². The molecule has 12 unspecified atom stereocenters. The molecule has 12 atom stereocenters. The average Bonchev–Trinajstić information content (AvgIpc) is 2.07. The van der Waals surface area contributed by atoms with Crippen LogP contribution < -0.4 is 5.32 Å². The number of aliphatic hydroxyl groups is 8. The number of allylic oxidation sites excluding steroid dienone is 8. The second-order valence-electron chi connectivity index (χ2n) is 26.0. The summed E-state index contributed by atoms with van der Waals surface area (Å²) in [6.07, 6.45) is 59.8. The zero-order valence-corrected chi connectivity index (χ0v) is 56.2. The first kappa shape index (κ1) is 82.0. The predicted octanol–water partition coefficient (Wildman–Crippen LogP) is 15.5. The molecule has 2 heterocycles. The maximum atomic E-state index is 13.4. The van der Waals surface area contributed by atoms with Crippen LogP contribution in [0.2, 0.25) is 0 Å². The van der Waals surface area contributed by atoms with Crippen molar-refractivity contribution in [3.05, 3.63) is 48.6 Å². The first-order valence-electron chi connectivity index (χ1n) is 36.9. The Bertz CT molecular complexity index is 1660. The van der Waals surface area contributed by atoms with Crippen LogP contribution in [0.5, 0.6) is 0 Å². The quantitative estimate of drug-likeness (QED) is 0.0204. The number of hydrogen-bond donors (Lipinski definition) is 9. The number of hydrogen-bond acceptors (Lipinski definition) is 13. The SMILES string of the molecule is CC/C=C\C/C=C\C/C=C\C/C=C\CCCCCCCCCCCCCCCCCCC(=O)NC(COC1OC(CO)C(OC2OC(CO)C(O)C(O)C2O)C(O)C1O)C(O)CCCCCCCCCCCCCCCCCCCCCCCCCCC. The minimum absolute atomic E-state index is 0.202. The number of rotatable bonds is 61. The highest BCUT2D eigenvalue weighted by molar-refractivity contribution is 5.76. The zero-order valence-electron chi connectivity index (χ0n) is 56.2. The molecule has 0 aromatic carbocycles. The summed E-state index contributed by atoms with van der Waals surface area (Å²) in [5, 5.41) is 87.7. The number of aliphatic hydroxyl groups excluding tert-OH is 8. The minimum Gasteiger partial charge on any atom is -0.394 e. The molecule has 2 fully saturated rings. The first-order valence-corrected chi connectivity index (χ1v) is 36.9. The van der Waals surface area contributed by atoms with Crippen LogP contribution >= 0.6 is 0 Å². The van der Waals surface area contributed by atoms with Gasteiger partial charge in [0.2, 0.25) is 5.91 Å². The van der Waals surface area contributed by atoms with Gasteiger partial charge in [0.25, 0.3) is 0 Å². The predicted molar refractivity (Wildman–Crippen MR) is 360 cm³/mol. The number of carbonyl (C=O) groups excluding carboxylic acids is 1. The van der Waals surface area contributed by atoms with Crippen LogP contribution in [0.15, 0.2) is 48.6 Å². The normalized spacial score (nSPS) is 23.4. The molecule has 0 spiro atoms. The molecule has 0 aromatic heterocycles. The van der Waals surface area contributed by atoms with Crippen molar-refractivity contribution in [2.45, 2.75) is 396 Å². The van der Waals surface area contributed by atoms with Crippen LogP contribution in [0, 0.1) is 0 Å². The van der Waals surface area contributed by atoms with Crippen LogP contribution in [-0.2, 0) is 23.7 Å². The van der Waals surface area contributed by atoms with Gasteiger partial charge in [-0.05, 0) is 51.4 Å². The van der Waals surface area contributed by atoms with Crippen molar-refractivity contribution in [3.63, 3.8) is 0 Å². The van der Waals surface area contributed by atoms with Gasteiger partial charge in [-0.2, -0.15) is 0 Å². The van der Waals surface area contributed by atoms with Crippen LogP contribution in [0.3, 0.4) is 0 Å². The summed E-state index contributed by atoms with van der Waals surface area (Å²) in [5.41, 5.74) is 0. The Hall–Kier alpha value is -2.05. The summed E-state index contributed by atoms with van der Waals surface area (Å²) < 4.78 is 23.0. The van der Waals surface area contributed by atoms with Gasteiger partial charge in [0.15, 0.2) is 12.6 Å². The molecule has 2 saturated heterocycles. The lowest BCUT2D eigenvalue weighted by atomic mass is 9.97. The highest BCUT2D eigenvalue weighted by atomic mass is 16.7. The highest BCUT2D eigenvalue weighted by Crippen LogP contribution is 2.30. The molecule has 0 bridgehead atoms. The van der Waals surface area contributed by atoms with E-state index in [1.807, 2.05) is 0 Å². The third kappa shape index (κ3) is 42.2. The summed E-state index contributed by atoms with van der Waals surface area (Å²) in [4.78, 5) is 13.4. The molecule has 1 amide bonds. The van der Waals surface area contributed by atoms with Gasteiger partial charge in [0.1, 0.15) is 48.8 Å². The van der Waals surface area contributed by atoms with E-state index in [1.165, 1.54) is 218 Å². The molecule has 9 N–H and O–H groups in total. The van der Waals surface area contributed by atoms with Crippen LogP contribution in [0.4, 0.5) is 0 Å². The second kappa shape index (κ2) is 58.7. The molecule has 516 valence electrons. The standard InChI is InChI=1S/C74H137NO13/c1-3-5-7-9-11-13-15-17-19-21-23-25-27-29-30-31-32-34-36-38-40-42-44-46-48-50-52-54-56-58-66(79)75-62(61-85-73-71(84)69(82)72(65(60-77)87-73)88-74-70(83)68(81)67(80)64(59-76)86-74)63(78)57-55-53-51-49-47-45-43-41-39-37-35-33-28-26-24-22-20-18-16-14-12-10-8-6-4-2/h5,7,11,13,17,19,23,25,62-65,67-74,76-78,80-84H,3-4,6,8-10,12,14-16,18,20-22,24,26-61H2,1-2H3,(H,75,79)/b7-5-,13-11-,19-17-,25-23-. The van der Waals surface area contributed by atoms with Crippen molar-refractivity contribution >= 4 is 5.91 Å². The number of unbranched alkanes of at least 4 members (excludes halogenated alkanes) is 40. The fourth-order valence-electron chi connectivity index (χ4n) is 12.2. The summed E-state index contributed by atoms with van der Waals surface area (Å²) in [5.74, 6) is -0.202. The fourth-order valence-corrected chi connectivity index (χ4v) is 12.2. The van der Waals surface area contributed by atoms with Gasteiger partial charge in [0, 0.05) is 6.42 Å². The summed E-state index contributed by atoms with van der Waals surface area (Å²) in [7, 11) is 0. The van der Waals surface area contributed by atoms with Crippen LogP contribution in [0.25, 0.3) is 0 Å². The number of nitrogens with one attached hydrogen (secondary N) is 1. The summed E-state index contributed by atoms with van der Waals surface area (Å²) in [6.45, 7) is 2.80. The molecule has 88 heavy (non-hydrogen) atoms. The monoisotopic (exact) mass is 1250 g/mol. The van der Waals surface area contributed by atoms with Gasteiger partial charge in [-0.1, -0.05) is 313 Å². The Labute approximate surface area is 537 Å². The van der Waals surface area contributed by atoms with E-state index in [-0.39, 0.29) is 12.5 Å². The Morgan fingerprint density at radius 3 is 1.20 bits per heavy atom. The molecule has 14 nitrogen and oxygen atoms in total. The van der Waals surface area contributed by atoms with Gasteiger partial charge in [0.05, 0.1) is 32.0 Å². The molecule has 2 aliphatic rings. The van der Waals surface area contributed by atoms with Gasteiger partial charge in [-0.15, -0.1) is 0 Å². The van der Waals surface area contributed by atoms with Gasteiger partial charge in [-0.25, -0.2) is 0 Å². The van der Waals surface area contributed by atoms with Gasteiger partial charge < -0.3 is 65.1 Å². The molecule has 0 aromatic rings. The van der Waals surface area contributed by atoms with Crippen molar-refractivity contribution in [2.75, 3.05) is 19.8 Å². The smallest absolute Gasteiger partial charge is 0.220 e. The van der Waals surface area contributed by atoms with E-state index in [2.05, 4.69) is 67.8 Å². The van der Waals surface area contributed by atoms with E-state index in [4.69, 9.17) is 18.9 Å². The van der Waals surface area contributed by atoms with Crippen molar-refractivity contribution < 1.29 is 64.6 Å². The maximum absolute atomic E-state index is 13.4. The lowest BCUT2D eigenvalue weighted by Crippen LogP contribution is -2.65. The summed E-state index contributed by atoms with van der Waals surface area (Å²) >= 11 is 0. The third-order valence-corrected chi connectivity index (χ3v) is 18.1. The fraction of sp³-hybridized carbons (Fsp3) is 0.878. The maximum Gasteiger partial charge on any atom is 0.220 e. The molecule has 0 radical (unpaired) electrons. The minimum atomic E-state index is -1.78. The topological polar surface area (TPSA) is 228 Å². The van der Waals surface area contributed by atoms with Crippen molar-refractivity contribution in [2.24, 2.45) is 0 Å². The van der Waals surface area contributed by atoms with Gasteiger partial charge >= 0.3 is 0 Å². The van der Waals surface area contributed by atoms with E-state index in [1.54, 1.807) is 0 Å². The average molecular weight is 1250 g/mol. The molecular weight excluding hydrogens is 1110 g/mol. The highest BCUT2D eigenvalue weighted by Gasteiger charge is 2.51. The number of carbonyl (C=O) groups is 1. The van der Waals surface area contributed by atoms with E-state index >= 15 is 0 Å². The summed E-state index contributed by atoms with van der Waals surface area (Å²) in [6, 6.07) is -0.831. The first-order chi connectivity index (χ1) is 43.1.